The fraction of sp³-hybridized carbons (Fsp3) is 0.321. The summed E-state index contributed by atoms with van der Waals surface area (Å²) in [5.74, 6) is 0.526. The first-order chi connectivity index (χ1) is 17.5. The van der Waals surface area contributed by atoms with Gasteiger partial charge in [0.15, 0.2) is 0 Å². The largest absolute Gasteiger partial charge is 0.507 e. The third-order valence-corrected chi connectivity index (χ3v) is 7.29. The Morgan fingerprint density at radius 2 is 1.68 bits per heavy atom. The predicted molar refractivity (Wildman–Crippen MR) is 138 cm³/mol. The van der Waals surface area contributed by atoms with Gasteiger partial charge in [-0.1, -0.05) is 18.7 Å². The molecule has 1 aliphatic rings. The summed E-state index contributed by atoms with van der Waals surface area (Å²) in [6.45, 7) is 6.67. The average Bonchev–Trinajstić information content (AvgIpc) is 2.89. The lowest BCUT2D eigenvalue weighted by Gasteiger charge is -2.46. The van der Waals surface area contributed by atoms with E-state index in [2.05, 4.69) is 6.58 Å². The summed E-state index contributed by atoms with van der Waals surface area (Å²) in [6.07, 6.45) is -3.29. The van der Waals surface area contributed by atoms with Gasteiger partial charge in [-0.25, -0.2) is 4.79 Å². The fourth-order valence-corrected chi connectivity index (χ4v) is 5.28. The summed E-state index contributed by atoms with van der Waals surface area (Å²) in [5.41, 5.74) is -1.45. The first-order valence-electron chi connectivity index (χ1n) is 11.7. The van der Waals surface area contributed by atoms with Crippen molar-refractivity contribution in [1.82, 2.24) is 0 Å². The maximum absolute atomic E-state index is 13.3. The summed E-state index contributed by atoms with van der Waals surface area (Å²) in [4.78, 5) is 13.3. The molecule has 3 aromatic carbocycles. The van der Waals surface area contributed by atoms with Crippen LogP contribution in [-0.4, -0.2) is 58.6 Å². The molecule has 0 bridgehead atoms. The molecule has 37 heavy (non-hydrogen) atoms. The summed E-state index contributed by atoms with van der Waals surface area (Å²) in [6, 6.07) is 7.95. The van der Waals surface area contributed by atoms with Crippen LogP contribution in [0.2, 0.25) is 0 Å². The van der Waals surface area contributed by atoms with Crippen molar-refractivity contribution in [2.75, 3.05) is 14.2 Å². The first-order valence-corrected chi connectivity index (χ1v) is 11.7. The molecule has 4 N–H and O–H groups in total. The molecule has 0 unspecified atom stereocenters. The molecule has 5 atom stereocenters. The van der Waals surface area contributed by atoms with Crippen LogP contribution in [0.3, 0.4) is 0 Å². The second-order valence-electron chi connectivity index (χ2n) is 9.50. The number of rotatable bonds is 4. The number of methoxy groups -OCH3 is 2. The van der Waals surface area contributed by atoms with E-state index in [1.165, 1.54) is 33.3 Å². The van der Waals surface area contributed by atoms with Gasteiger partial charge in [0, 0.05) is 16.2 Å². The Balaban J connectivity index is 1.97. The van der Waals surface area contributed by atoms with Crippen LogP contribution in [0, 0.1) is 0 Å². The van der Waals surface area contributed by atoms with Crippen LogP contribution in [0.4, 0.5) is 0 Å². The Kier molecular flexibility index (Phi) is 5.91. The highest BCUT2D eigenvalue weighted by molar-refractivity contribution is 6.19. The monoisotopic (exact) mass is 508 g/mol. The Hall–Kier alpha value is -3.63. The molecule has 9 heteroatoms. The van der Waals surface area contributed by atoms with Crippen molar-refractivity contribution < 1.29 is 39.1 Å². The van der Waals surface area contributed by atoms with E-state index in [1.54, 1.807) is 31.2 Å². The van der Waals surface area contributed by atoms with Gasteiger partial charge in [-0.05, 0) is 49.2 Å². The quantitative estimate of drug-likeness (QED) is 0.241. The molecule has 0 saturated carbocycles. The lowest BCUT2D eigenvalue weighted by atomic mass is 9.80. The van der Waals surface area contributed by atoms with Crippen LogP contribution in [0.15, 0.2) is 46.1 Å². The molecule has 4 aromatic rings. The zero-order chi connectivity index (χ0) is 26.8. The van der Waals surface area contributed by atoms with Crippen molar-refractivity contribution in [2.24, 2.45) is 0 Å². The van der Waals surface area contributed by atoms with Gasteiger partial charge in [-0.2, -0.15) is 0 Å². The molecule has 194 valence electrons. The molecule has 0 aliphatic carbocycles. The molecular weight excluding hydrogens is 480 g/mol. The van der Waals surface area contributed by atoms with E-state index in [4.69, 9.17) is 18.6 Å². The maximum atomic E-state index is 13.3. The summed E-state index contributed by atoms with van der Waals surface area (Å²) < 4.78 is 23.1. The van der Waals surface area contributed by atoms with Crippen molar-refractivity contribution in [3.05, 3.63) is 58.5 Å². The normalized spacial score (nSPS) is 26.0. The van der Waals surface area contributed by atoms with Crippen molar-refractivity contribution in [1.29, 1.82) is 0 Å². The lowest BCUT2D eigenvalue weighted by molar-refractivity contribution is -0.261. The van der Waals surface area contributed by atoms with Gasteiger partial charge < -0.3 is 39.1 Å². The number of hydrogen-bond donors (Lipinski definition) is 4. The summed E-state index contributed by atoms with van der Waals surface area (Å²) in [5, 5.41) is 44.9. The molecular formula is C28H28O9. The van der Waals surface area contributed by atoms with Gasteiger partial charge in [-0.15, -0.1) is 0 Å². The second kappa shape index (κ2) is 8.74. The molecule has 5 rings (SSSR count). The molecule has 0 radical (unpaired) electrons. The van der Waals surface area contributed by atoms with Crippen LogP contribution in [0.25, 0.3) is 38.6 Å². The SMILES string of the molecule is C=Cc1cc(OC)c2c(c1)c(=O)oc1c2cc(OC)c2c(O)ccc([C@H]3O[C@@H](C)[C@@H](O)[C@](C)(O)[C@@H]3O)c21. The van der Waals surface area contributed by atoms with Crippen LogP contribution in [0.5, 0.6) is 17.2 Å². The third-order valence-electron chi connectivity index (χ3n) is 7.29. The van der Waals surface area contributed by atoms with E-state index in [-0.39, 0.29) is 33.2 Å². The number of aliphatic hydroxyl groups excluding tert-OH is 2. The van der Waals surface area contributed by atoms with E-state index in [9.17, 15) is 25.2 Å². The van der Waals surface area contributed by atoms with Crippen molar-refractivity contribution in [2.45, 2.75) is 43.9 Å². The van der Waals surface area contributed by atoms with E-state index < -0.39 is 35.6 Å². The van der Waals surface area contributed by atoms with Crippen molar-refractivity contribution >= 4 is 38.6 Å². The average molecular weight is 509 g/mol. The minimum absolute atomic E-state index is 0.109. The molecule has 1 saturated heterocycles. The van der Waals surface area contributed by atoms with E-state index in [1.807, 2.05) is 0 Å². The number of phenolic OH excluding ortho intramolecular Hbond substituents is 1. The standard InChI is InChI=1S/C28H28O9/c1-6-13-9-16-20(18(10-13)34-4)15-11-19(35-5)22-17(29)8-7-14(21(22)23(15)37-27(16)32)24-26(31)28(3,33)25(30)12(2)36-24/h6-12,24-26,29-31,33H,1H2,2-5H3/t12-,24+,25+,26+,28-/m0/s1. The van der Waals surface area contributed by atoms with Crippen LogP contribution >= 0.6 is 0 Å². The zero-order valence-electron chi connectivity index (χ0n) is 20.8. The molecule has 2 heterocycles. The van der Waals surface area contributed by atoms with Crippen molar-refractivity contribution in [3.63, 3.8) is 0 Å². The highest BCUT2D eigenvalue weighted by Crippen LogP contribution is 2.48. The summed E-state index contributed by atoms with van der Waals surface area (Å²) in [7, 11) is 2.93. The Morgan fingerprint density at radius 1 is 1.00 bits per heavy atom. The van der Waals surface area contributed by atoms with Gasteiger partial charge in [-0.3, -0.25) is 0 Å². The molecule has 0 amide bonds. The number of hydrogen-bond acceptors (Lipinski definition) is 9. The summed E-state index contributed by atoms with van der Waals surface area (Å²) >= 11 is 0. The Bertz CT molecular complexity index is 1620. The van der Waals surface area contributed by atoms with Crippen LogP contribution < -0.4 is 15.1 Å². The maximum Gasteiger partial charge on any atom is 0.344 e. The van der Waals surface area contributed by atoms with Gasteiger partial charge in [0.2, 0.25) is 0 Å². The highest BCUT2D eigenvalue weighted by atomic mass is 16.5. The number of benzene rings is 3. The van der Waals surface area contributed by atoms with Gasteiger partial charge in [0.1, 0.15) is 46.7 Å². The van der Waals surface area contributed by atoms with E-state index in [0.717, 1.165) is 0 Å². The van der Waals surface area contributed by atoms with Crippen LogP contribution in [-0.2, 0) is 4.74 Å². The second-order valence-corrected chi connectivity index (χ2v) is 9.50. The van der Waals surface area contributed by atoms with Gasteiger partial charge >= 0.3 is 5.63 Å². The highest BCUT2D eigenvalue weighted by Gasteiger charge is 2.51. The Labute approximate surface area is 211 Å². The topological polar surface area (TPSA) is 139 Å². The molecule has 1 fully saturated rings. The van der Waals surface area contributed by atoms with E-state index >= 15 is 0 Å². The number of ether oxygens (including phenoxy) is 3. The molecule has 9 nitrogen and oxygen atoms in total. The van der Waals surface area contributed by atoms with Crippen molar-refractivity contribution in [3.8, 4) is 17.2 Å². The third kappa shape index (κ3) is 3.58. The van der Waals surface area contributed by atoms with E-state index in [0.29, 0.717) is 27.6 Å². The zero-order valence-corrected chi connectivity index (χ0v) is 20.8. The Morgan fingerprint density at radius 3 is 2.32 bits per heavy atom. The minimum Gasteiger partial charge on any atom is -0.507 e. The first kappa shape index (κ1) is 25.0. The van der Waals surface area contributed by atoms with Crippen LogP contribution in [0.1, 0.15) is 31.1 Å². The number of aromatic hydroxyl groups is 1. The number of phenols is 1. The number of aliphatic hydroxyl groups is 3. The van der Waals surface area contributed by atoms with Gasteiger partial charge in [0.05, 0.1) is 31.1 Å². The van der Waals surface area contributed by atoms with Gasteiger partial charge in [0.25, 0.3) is 0 Å². The fourth-order valence-electron chi connectivity index (χ4n) is 5.28. The predicted octanol–water partition coefficient (Wildman–Crippen LogP) is 3.40. The molecule has 0 spiro atoms. The smallest absolute Gasteiger partial charge is 0.344 e. The minimum atomic E-state index is -1.90. The molecule has 1 aliphatic heterocycles. The lowest BCUT2D eigenvalue weighted by Crippen LogP contribution is -2.61. The molecule has 1 aromatic heterocycles. The number of fused-ring (bicyclic) bond motifs is 5.